The van der Waals surface area contributed by atoms with Crippen molar-refractivity contribution in [1.29, 1.82) is 0 Å². The Labute approximate surface area is 116 Å². The van der Waals surface area contributed by atoms with Gasteiger partial charge < -0.3 is 16.8 Å². The van der Waals surface area contributed by atoms with Crippen LogP contribution < -0.4 is 16.8 Å². The molecule has 0 aromatic heterocycles. The first-order chi connectivity index (χ1) is 9.47. The van der Waals surface area contributed by atoms with Gasteiger partial charge in [-0.15, -0.1) is 0 Å². The van der Waals surface area contributed by atoms with E-state index in [2.05, 4.69) is 5.32 Å². The zero-order valence-electron chi connectivity index (χ0n) is 11.0. The summed E-state index contributed by atoms with van der Waals surface area (Å²) < 4.78 is 0. The van der Waals surface area contributed by atoms with Gasteiger partial charge in [0, 0.05) is 23.7 Å². The predicted octanol–water partition coefficient (Wildman–Crippen LogP) is 1.38. The first-order valence-electron chi connectivity index (χ1n) is 6.57. The Hall–Kier alpha value is -2.15. The maximum Gasteiger partial charge on any atom is 0.293 e. The summed E-state index contributed by atoms with van der Waals surface area (Å²) in [5.74, 6) is -0.678. The molecular formula is C13H18N4O3. The van der Waals surface area contributed by atoms with Crippen molar-refractivity contribution in [1.82, 2.24) is 0 Å². The largest absolute Gasteiger partial charge is 0.377 e. The molecule has 1 aromatic rings. The van der Waals surface area contributed by atoms with E-state index in [9.17, 15) is 14.9 Å². The molecular weight excluding hydrogens is 260 g/mol. The van der Waals surface area contributed by atoms with Gasteiger partial charge >= 0.3 is 0 Å². The molecule has 0 heterocycles. The number of primary amides is 1. The second-order valence-corrected chi connectivity index (χ2v) is 5.11. The minimum atomic E-state index is -0.678. The SMILES string of the molecule is NC(=O)c1ccc(NC2CCC(N)CC2)c([N+](=O)[O-])c1. The standard InChI is InChI=1S/C13H18N4O3/c14-9-2-4-10(5-3-9)16-11-6-1-8(13(15)18)7-12(11)17(19)20/h1,6-7,9-10,16H,2-5,14H2,(H2,15,18). The summed E-state index contributed by atoms with van der Waals surface area (Å²) in [7, 11) is 0. The van der Waals surface area contributed by atoms with E-state index in [1.165, 1.54) is 18.2 Å². The Morgan fingerprint density at radius 1 is 1.30 bits per heavy atom. The van der Waals surface area contributed by atoms with Crippen molar-refractivity contribution in [2.24, 2.45) is 11.5 Å². The average molecular weight is 278 g/mol. The fourth-order valence-corrected chi connectivity index (χ4v) is 2.44. The van der Waals surface area contributed by atoms with Gasteiger partial charge in [-0.2, -0.15) is 0 Å². The van der Waals surface area contributed by atoms with Crippen LogP contribution in [0.3, 0.4) is 0 Å². The number of carbonyl (C=O) groups is 1. The monoisotopic (exact) mass is 278 g/mol. The van der Waals surface area contributed by atoms with Gasteiger partial charge in [-0.1, -0.05) is 0 Å². The second-order valence-electron chi connectivity index (χ2n) is 5.11. The molecule has 1 aliphatic carbocycles. The van der Waals surface area contributed by atoms with Crippen LogP contribution in [-0.4, -0.2) is 22.9 Å². The van der Waals surface area contributed by atoms with Gasteiger partial charge in [-0.25, -0.2) is 0 Å². The van der Waals surface area contributed by atoms with Gasteiger partial charge in [-0.3, -0.25) is 14.9 Å². The fourth-order valence-electron chi connectivity index (χ4n) is 2.44. The molecule has 0 aliphatic heterocycles. The number of rotatable bonds is 4. The summed E-state index contributed by atoms with van der Waals surface area (Å²) >= 11 is 0. The lowest BCUT2D eigenvalue weighted by atomic mass is 9.91. The molecule has 0 saturated heterocycles. The number of nitrogens with zero attached hydrogens (tertiary/aromatic N) is 1. The zero-order chi connectivity index (χ0) is 14.7. The third-order valence-corrected chi connectivity index (χ3v) is 3.61. The number of amides is 1. The minimum absolute atomic E-state index is 0.129. The van der Waals surface area contributed by atoms with Crippen molar-refractivity contribution >= 4 is 17.3 Å². The number of nitrogens with two attached hydrogens (primary N) is 2. The first-order valence-corrected chi connectivity index (χ1v) is 6.57. The number of nitrogens with one attached hydrogen (secondary N) is 1. The van der Waals surface area contributed by atoms with E-state index in [1.807, 2.05) is 0 Å². The van der Waals surface area contributed by atoms with Crippen LogP contribution in [0.2, 0.25) is 0 Å². The summed E-state index contributed by atoms with van der Waals surface area (Å²) in [6, 6.07) is 4.63. The molecule has 2 rings (SSSR count). The van der Waals surface area contributed by atoms with Crippen molar-refractivity contribution in [3.8, 4) is 0 Å². The van der Waals surface area contributed by atoms with E-state index in [0.29, 0.717) is 5.69 Å². The highest BCUT2D eigenvalue weighted by molar-refractivity contribution is 5.94. The predicted molar refractivity (Wildman–Crippen MR) is 75.5 cm³/mol. The van der Waals surface area contributed by atoms with Crippen LogP contribution in [0.4, 0.5) is 11.4 Å². The number of nitro benzene ring substituents is 1. The maximum atomic E-state index is 11.1. The lowest BCUT2D eigenvalue weighted by Crippen LogP contribution is -2.33. The molecule has 0 spiro atoms. The maximum absolute atomic E-state index is 11.1. The van der Waals surface area contributed by atoms with Crippen molar-refractivity contribution in [3.63, 3.8) is 0 Å². The molecule has 108 valence electrons. The van der Waals surface area contributed by atoms with E-state index in [-0.39, 0.29) is 23.3 Å². The summed E-state index contributed by atoms with van der Waals surface area (Å²) in [4.78, 5) is 21.7. The van der Waals surface area contributed by atoms with Crippen molar-refractivity contribution in [2.75, 3.05) is 5.32 Å². The van der Waals surface area contributed by atoms with Crippen molar-refractivity contribution < 1.29 is 9.72 Å². The van der Waals surface area contributed by atoms with Crippen LogP contribution in [0, 0.1) is 10.1 Å². The molecule has 0 radical (unpaired) electrons. The molecule has 0 bridgehead atoms. The Balaban J connectivity index is 2.18. The molecule has 7 heteroatoms. The fraction of sp³-hybridized carbons (Fsp3) is 0.462. The first kappa shape index (κ1) is 14.3. The Bertz CT molecular complexity index is 524. The van der Waals surface area contributed by atoms with Gasteiger partial charge in [0.25, 0.3) is 5.69 Å². The van der Waals surface area contributed by atoms with Gasteiger partial charge in [0.1, 0.15) is 5.69 Å². The summed E-state index contributed by atoms with van der Waals surface area (Å²) in [6.07, 6.45) is 3.58. The number of anilines is 1. The van der Waals surface area contributed by atoms with Crippen molar-refractivity contribution in [2.45, 2.75) is 37.8 Å². The number of hydrogen-bond acceptors (Lipinski definition) is 5. The smallest absolute Gasteiger partial charge is 0.293 e. The Morgan fingerprint density at radius 2 is 1.95 bits per heavy atom. The van der Waals surface area contributed by atoms with Crippen LogP contribution in [-0.2, 0) is 0 Å². The summed E-state index contributed by atoms with van der Waals surface area (Å²) in [6.45, 7) is 0. The molecule has 7 nitrogen and oxygen atoms in total. The molecule has 0 atom stereocenters. The van der Waals surface area contributed by atoms with Gasteiger partial charge in [0.15, 0.2) is 0 Å². The summed E-state index contributed by atoms with van der Waals surface area (Å²) in [5, 5.41) is 14.3. The number of carbonyl (C=O) groups excluding carboxylic acids is 1. The van der Waals surface area contributed by atoms with Gasteiger partial charge in [0.05, 0.1) is 4.92 Å². The Kier molecular flexibility index (Phi) is 4.19. The molecule has 1 saturated carbocycles. The van der Waals surface area contributed by atoms with Crippen LogP contribution in [0.25, 0.3) is 0 Å². The van der Waals surface area contributed by atoms with E-state index >= 15 is 0 Å². The third kappa shape index (κ3) is 3.24. The highest BCUT2D eigenvalue weighted by Crippen LogP contribution is 2.29. The quantitative estimate of drug-likeness (QED) is 0.566. The average Bonchev–Trinajstić information content (AvgIpc) is 2.41. The van der Waals surface area contributed by atoms with E-state index in [1.54, 1.807) is 0 Å². The molecule has 0 unspecified atom stereocenters. The lowest BCUT2D eigenvalue weighted by Gasteiger charge is -2.27. The van der Waals surface area contributed by atoms with Crippen LogP contribution in [0.1, 0.15) is 36.0 Å². The molecule has 20 heavy (non-hydrogen) atoms. The highest BCUT2D eigenvalue weighted by Gasteiger charge is 2.22. The molecule has 1 aliphatic rings. The normalized spacial score (nSPS) is 22.2. The van der Waals surface area contributed by atoms with Crippen LogP contribution >= 0.6 is 0 Å². The van der Waals surface area contributed by atoms with E-state index < -0.39 is 10.8 Å². The number of hydrogen-bond donors (Lipinski definition) is 3. The Morgan fingerprint density at radius 3 is 2.50 bits per heavy atom. The minimum Gasteiger partial charge on any atom is -0.377 e. The lowest BCUT2D eigenvalue weighted by molar-refractivity contribution is -0.384. The van der Waals surface area contributed by atoms with Crippen molar-refractivity contribution in [3.05, 3.63) is 33.9 Å². The highest BCUT2D eigenvalue weighted by atomic mass is 16.6. The molecule has 1 aromatic carbocycles. The summed E-state index contributed by atoms with van der Waals surface area (Å²) in [5.41, 5.74) is 11.4. The molecule has 5 N–H and O–H groups in total. The second kappa shape index (κ2) is 5.87. The van der Waals surface area contributed by atoms with Crippen LogP contribution in [0.5, 0.6) is 0 Å². The van der Waals surface area contributed by atoms with Gasteiger partial charge in [0.2, 0.25) is 5.91 Å². The number of benzene rings is 1. The third-order valence-electron chi connectivity index (χ3n) is 3.61. The number of nitro groups is 1. The van der Waals surface area contributed by atoms with E-state index in [0.717, 1.165) is 25.7 Å². The molecule has 1 amide bonds. The topological polar surface area (TPSA) is 124 Å². The van der Waals surface area contributed by atoms with Crippen LogP contribution in [0.15, 0.2) is 18.2 Å². The zero-order valence-corrected chi connectivity index (χ0v) is 11.0. The van der Waals surface area contributed by atoms with E-state index in [4.69, 9.17) is 11.5 Å². The molecule has 1 fully saturated rings. The van der Waals surface area contributed by atoms with Gasteiger partial charge in [-0.05, 0) is 37.8 Å².